The molecule has 1 aromatic heterocycles. The number of nitrogens with zero attached hydrogens (tertiary/aromatic N) is 1. The van der Waals surface area contributed by atoms with E-state index in [0.717, 1.165) is 35.7 Å². The Hall–Kier alpha value is -1.76. The maximum atomic E-state index is 11.8. The number of benzene rings is 1. The summed E-state index contributed by atoms with van der Waals surface area (Å²) in [7, 11) is 0. The van der Waals surface area contributed by atoms with Crippen molar-refractivity contribution < 1.29 is 14.3 Å². The number of rotatable bonds is 6. The number of aromatic nitrogens is 1. The summed E-state index contributed by atoms with van der Waals surface area (Å²) in [5.74, 6) is -0.166. The minimum absolute atomic E-state index is 0.0401. The Morgan fingerprint density at radius 3 is 3.05 bits per heavy atom. The molecule has 3 rings (SSSR count). The van der Waals surface area contributed by atoms with Gasteiger partial charge in [0.2, 0.25) is 0 Å². The van der Waals surface area contributed by atoms with Crippen molar-refractivity contribution in [2.24, 2.45) is 0 Å². The Bertz CT molecular complexity index is 609. The van der Waals surface area contributed by atoms with Gasteiger partial charge in [0.05, 0.1) is 18.4 Å². The lowest BCUT2D eigenvalue weighted by atomic mass is 10.2. The van der Waals surface area contributed by atoms with Crippen LogP contribution in [0.4, 0.5) is 5.00 Å². The topological polar surface area (TPSA) is 60.5 Å². The average molecular weight is 318 g/mol. The minimum atomic E-state index is -0.166. The van der Waals surface area contributed by atoms with Crippen LogP contribution in [0, 0.1) is 0 Å². The lowest BCUT2D eigenvalue weighted by Crippen LogP contribution is -2.22. The van der Waals surface area contributed by atoms with Crippen molar-refractivity contribution in [3.63, 3.8) is 0 Å². The van der Waals surface area contributed by atoms with Gasteiger partial charge in [0.1, 0.15) is 11.6 Å². The van der Waals surface area contributed by atoms with Crippen LogP contribution in [0.5, 0.6) is 0 Å². The summed E-state index contributed by atoms with van der Waals surface area (Å²) < 4.78 is 15.2. The molecular formula is C16H18N2O3S. The number of nitrogens with one attached hydrogen (secondary N) is 1. The predicted octanol–water partition coefficient (Wildman–Crippen LogP) is 2.94. The second kappa shape index (κ2) is 7.49. The Morgan fingerprint density at radius 1 is 1.41 bits per heavy atom. The monoisotopic (exact) mass is 318 g/mol. The zero-order valence-electron chi connectivity index (χ0n) is 12.2. The first kappa shape index (κ1) is 15.1. The summed E-state index contributed by atoms with van der Waals surface area (Å²) in [5, 5.41) is 3.54. The Morgan fingerprint density at radius 2 is 2.27 bits per heavy atom. The SMILES string of the molecule is O=C(COC[C@H]1CCCO1)Nc1cc(-c2ccccc2)ns1. The van der Waals surface area contributed by atoms with Gasteiger partial charge in [-0.25, -0.2) is 0 Å². The van der Waals surface area contributed by atoms with Gasteiger partial charge in [0.15, 0.2) is 0 Å². The normalized spacial score (nSPS) is 17.5. The smallest absolute Gasteiger partial charge is 0.251 e. The highest BCUT2D eigenvalue weighted by Gasteiger charge is 2.16. The summed E-state index contributed by atoms with van der Waals surface area (Å²) in [4.78, 5) is 11.8. The van der Waals surface area contributed by atoms with Crippen molar-refractivity contribution in [1.29, 1.82) is 0 Å². The molecule has 2 heterocycles. The molecule has 1 fully saturated rings. The third-order valence-corrected chi connectivity index (χ3v) is 4.11. The maximum absolute atomic E-state index is 11.8. The van der Waals surface area contributed by atoms with E-state index in [1.807, 2.05) is 36.4 Å². The van der Waals surface area contributed by atoms with Gasteiger partial charge in [-0.05, 0) is 24.4 Å². The van der Waals surface area contributed by atoms with E-state index in [4.69, 9.17) is 9.47 Å². The van der Waals surface area contributed by atoms with Crippen LogP contribution in [0.2, 0.25) is 0 Å². The Balaban J connectivity index is 1.46. The van der Waals surface area contributed by atoms with Crippen molar-refractivity contribution in [3.05, 3.63) is 36.4 Å². The molecule has 2 aromatic rings. The number of anilines is 1. The van der Waals surface area contributed by atoms with E-state index in [1.54, 1.807) is 0 Å². The highest BCUT2D eigenvalue weighted by Crippen LogP contribution is 2.25. The van der Waals surface area contributed by atoms with E-state index in [0.29, 0.717) is 6.61 Å². The van der Waals surface area contributed by atoms with Crippen LogP contribution >= 0.6 is 11.5 Å². The van der Waals surface area contributed by atoms with Crippen LogP contribution in [0.3, 0.4) is 0 Å². The van der Waals surface area contributed by atoms with Gasteiger partial charge >= 0.3 is 0 Å². The molecule has 1 N–H and O–H groups in total. The van der Waals surface area contributed by atoms with E-state index in [2.05, 4.69) is 9.69 Å². The van der Waals surface area contributed by atoms with Crippen molar-refractivity contribution in [2.75, 3.05) is 25.1 Å². The second-order valence-electron chi connectivity index (χ2n) is 5.14. The molecule has 1 aromatic carbocycles. The molecule has 1 atom stereocenters. The summed E-state index contributed by atoms with van der Waals surface area (Å²) in [6.45, 7) is 1.31. The maximum Gasteiger partial charge on any atom is 0.251 e. The molecule has 1 saturated heterocycles. The molecule has 0 aliphatic carbocycles. The van der Waals surface area contributed by atoms with Gasteiger partial charge in [0, 0.05) is 18.2 Å². The van der Waals surface area contributed by atoms with Crippen LogP contribution in [0.15, 0.2) is 36.4 Å². The van der Waals surface area contributed by atoms with Gasteiger partial charge in [-0.2, -0.15) is 4.37 Å². The number of ether oxygens (including phenoxy) is 2. The molecule has 0 saturated carbocycles. The summed E-state index contributed by atoms with van der Waals surface area (Å²) in [6.07, 6.45) is 2.22. The van der Waals surface area contributed by atoms with Crippen LogP contribution in [0.1, 0.15) is 12.8 Å². The molecule has 116 valence electrons. The van der Waals surface area contributed by atoms with Crippen molar-refractivity contribution >= 4 is 22.4 Å². The number of carbonyl (C=O) groups excluding carboxylic acids is 1. The summed E-state index contributed by atoms with van der Waals surface area (Å²) in [5.41, 5.74) is 1.90. The van der Waals surface area contributed by atoms with Crippen molar-refractivity contribution in [3.8, 4) is 11.3 Å². The third-order valence-electron chi connectivity index (χ3n) is 3.40. The molecule has 0 spiro atoms. The molecule has 0 unspecified atom stereocenters. The lowest BCUT2D eigenvalue weighted by Gasteiger charge is -2.09. The molecule has 0 bridgehead atoms. The highest BCUT2D eigenvalue weighted by molar-refractivity contribution is 7.10. The van der Waals surface area contributed by atoms with Gasteiger partial charge in [-0.3, -0.25) is 4.79 Å². The molecule has 5 nitrogen and oxygen atoms in total. The Labute approximate surface area is 133 Å². The number of hydrogen-bond donors (Lipinski definition) is 1. The van der Waals surface area contributed by atoms with E-state index >= 15 is 0 Å². The minimum Gasteiger partial charge on any atom is -0.376 e. The standard InChI is InChI=1S/C16H18N2O3S/c19-15(11-20-10-13-7-4-8-21-13)17-16-9-14(18-22-16)12-5-2-1-3-6-12/h1-3,5-6,9,13H,4,7-8,10-11H2,(H,17,19)/t13-/m1/s1. The Kier molecular flexibility index (Phi) is 5.15. The summed E-state index contributed by atoms with van der Waals surface area (Å²) >= 11 is 1.27. The molecule has 1 aliphatic rings. The van der Waals surface area contributed by atoms with Crippen molar-refractivity contribution in [2.45, 2.75) is 18.9 Å². The van der Waals surface area contributed by atoms with E-state index < -0.39 is 0 Å². The zero-order chi connectivity index (χ0) is 15.2. The average Bonchev–Trinajstić information content (AvgIpc) is 3.20. The molecule has 22 heavy (non-hydrogen) atoms. The van der Waals surface area contributed by atoms with E-state index in [9.17, 15) is 4.79 Å². The fraction of sp³-hybridized carbons (Fsp3) is 0.375. The van der Waals surface area contributed by atoms with Crippen LogP contribution < -0.4 is 5.32 Å². The first-order valence-electron chi connectivity index (χ1n) is 7.32. The fourth-order valence-corrected chi connectivity index (χ4v) is 2.99. The summed E-state index contributed by atoms with van der Waals surface area (Å²) in [6, 6.07) is 11.7. The van der Waals surface area contributed by atoms with Crippen molar-refractivity contribution in [1.82, 2.24) is 4.37 Å². The van der Waals surface area contributed by atoms with Crippen LogP contribution in [-0.4, -0.2) is 36.2 Å². The van der Waals surface area contributed by atoms with E-state index in [-0.39, 0.29) is 18.6 Å². The van der Waals surface area contributed by atoms with Crippen LogP contribution in [-0.2, 0) is 14.3 Å². The fourth-order valence-electron chi connectivity index (χ4n) is 2.31. The quantitative estimate of drug-likeness (QED) is 0.889. The second-order valence-corrected chi connectivity index (χ2v) is 5.95. The van der Waals surface area contributed by atoms with Gasteiger partial charge in [-0.15, -0.1) is 0 Å². The van der Waals surface area contributed by atoms with E-state index in [1.165, 1.54) is 11.5 Å². The largest absolute Gasteiger partial charge is 0.376 e. The molecule has 1 aliphatic heterocycles. The zero-order valence-corrected chi connectivity index (χ0v) is 13.0. The van der Waals surface area contributed by atoms with Gasteiger partial charge < -0.3 is 14.8 Å². The molecule has 6 heteroatoms. The molecule has 1 amide bonds. The first-order valence-corrected chi connectivity index (χ1v) is 8.10. The lowest BCUT2D eigenvalue weighted by molar-refractivity contribution is -0.121. The van der Waals surface area contributed by atoms with Gasteiger partial charge in [-0.1, -0.05) is 30.3 Å². The number of amides is 1. The molecular weight excluding hydrogens is 300 g/mol. The van der Waals surface area contributed by atoms with Crippen LogP contribution in [0.25, 0.3) is 11.3 Å². The molecule has 0 radical (unpaired) electrons. The predicted molar refractivity (Wildman–Crippen MR) is 86.0 cm³/mol. The third kappa shape index (κ3) is 4.13. The number of carbonyl (C=O) groups is 1. The highest BCUT2D eigenvalue weighted by atomic mass is 32.1. The van der Waals surface area contributed by atoms with Gasteiger partial charge in [0.25, 0.3) is 5.91 Å². The number of hydrogen-bond acceptors (Lipinski definition) is 5. The first-order chi connectivity index (χ1) is 10.8.